The number of hydrogen-bond donors (Lipinski definition) is 1. The molecule has 15 heavy (non-hydrogen) atoms. The van der Waals surface area contributed by atoms with Gasteiger partial charge in [-0.2, -0.15) is 0 Å². The van der Waals surface area contributed by atoms with Crippen LogP contribution >= 0.6 is 11.3 Å². The second-order valence-corrected chi connectivity index (χ2v) is 4.04. The van der Waals surface area contributed by atoms with E-state index in [1.807, 2.05) is 6.92 Å². The fourth-order valence-corrected chi connectivity index (χ4v) is 1.67. The minimum absolute atomic E-state index is 0.0156. The van der Waals surface area contributed by atoms with Gasteiger partial charge in [-0.15, -0.1) is 11.3 Å². The van der Waals surface area contributed by atoms with E-state index >= 15 is 0 Å². The highest BCUT2D eigenvalue weighted by Crippen LogP contribution is 2.23. The summed E-state index contributed by atoms with van der Waals surface area (Å²) in [5.41, 5.74) is 6.07. The van der Waals surface area contributed by atoms with Gasteiger partial charge in [-0.1, -0.05) is 0 Å². The lowest BCUT2D eigenvalue weighted by Crippen LogP contribution is -2.23. The Hall–Kier alpha value is -1.07. The molecule has 0 aromatic carbocycles. The van der Waals surface area contributed by atoms with Crippen molar-refractivity contribution in [1.82, 2.24) is 0 Å². The van der Waals surface area contributed by atoms with Crippen molar-refractivity contribution in [3.63, 3.8) is 0 Å². The molecule has 0 saturated heterocycles. The molecule has 84 valence electrons. The highest BCUT2D eigenvalue weighted by Gasteiger charge is 2.10. The van der Waals surface area contributed by atoms with Crippen LogP contribution in [0.2, 0.25) is 0 Å². The van der Waals surface area contributed by atoms with Gasteiger partial charge in [-0.25, -0.2) is 4.79 Å². The predicted molar refractivity (Wildman–Crippen MR) is 59.4 cm³/mol. The van der Waals surface area contributed by atoms with Crippen molar-refractivity contribution < 1.29 is 14.3 Å². The zero-order valence-electron chi connectivity index (χ0n) is 8.86. The van der Waals surface area contributed by atoms with Crippen LogP contribution < -0.4 is 10.5 Å². The fraction of sp³-hybridized carbons (Fsp3) is 0.500. The number of nitrogens with two attached hydrogens (primary N) is 1. The van der Waals surface area contributed by atoms with E-state index in [2.05, 4.69) is 0 Å². The van der Waals surface area contributed by atoms with Crippen molar-refractivity contribution in [2.45, 2.75) is 19.9 Å². The van der Waals surface area contributed by atoms with Crippen molar-refractivity contribution in [2.24, 2.45) is 5.73 Å². The Kier molecular flexibility index (Phi) is 4.58. The highest BCUT2D eigenvalue weighted by molar-refractivity contribution is 7.12. The van der Waals surface area contributed by atoms with Crippen LogP contribution in [0.3, 0.4) is 0 Å². The molecule has 0 saturated carbocycles. The molecule has 0 radical (unpaired) electrons. The predicted octanol–water partition coefficient (Wildman–Crippen LogP) is 1.65. The van der Waals surface area contributed by atoms with Gasteiger partial charge in [0.1, 0.15) is 6.61 Å². The molecule has 1 heterocycles. The summed E-state index contributed by atoms with van der Waals surface area (Å²) in [6.45, 7) is 4.46. The first kappa shape index (κ1) is 12.0. The molecular formula is C10H15NO3S. The Morgan fingerprint density at radius 1 is 1.67 bits per heavy atom. The number of carbonyl (C=O) groups excluding carboxylic acids is 1. The third-order valence-corrected chi connectivity index (χ3v) is 2.41. The minimum Gasteiger partial charge on any atom is -0.482 e. The van der Waals surface area contributed by atoms with Crippen molar-refractivity contribution in [3.8, 4) is 5.06 Å². The van der Waals surface area contributed by atoms with Crippen molar-refractivity contribution in [1.29, 1.82) is 0 Å². The second-order valence-electron chi connectivity index (χ2n) is 3.16. The van der Waals surface area contributed by atoms with Crippen molar-refractivity contribution in [2.75, 3.05) is 13.2 Å². The molecule has 4 nitrogen and oxygen atoms in total. The smallest absolute Gasteiger partial charge is 0.339 e. The summed E-state index contributed by atoms with van der Waals surface area (Å²) in [4.78, 5) is 11.3. The normalized spacial score (nSPS) is 12.2. The number of thiophene rings is 1. The van der Waals surface area contributed by atoms with E-state index in [1.54, 1.807) is 18.4 Å². The largest absolute Gasteiger partial charge is 0.482 e. The van der Waals surface area contributed by atoms with E-state index in [9.17, 15) is 4.79 Å². The molecule has 0 unspecified atom stereocenters. The molecule has 1 rings (SSSR count). The number of ether oxygens (including phenoxy) is 2. The minimum atomic E-state index is -0.315. The standard InChI is InChI=1S/C10H15NO3S/c1-3-13-10(12)8-4-9(15-6-8)14-5-7(2)11/h4,6-7H,3,5,11H2,1-2H3/t7-/m0/s1. The Labute approximate surface area is 93.0 Å². The zero-order chi connectivity index (χ0) is 11.3. The van der Waals surface area contributed by atoms with Gasteiger partial charge in [0.15, 0.2) is 5.06 Å². The van der Waals surface area contributed by atoms with E-state index < -0.39 is 0 Å². The van der Waals surface area contributed by atoms with Crippen LogP contribution in [0.25, 0.3) is 0 Å². The molecule has 0 aliphatic heterocycles. The molecule has 0 fully saturated rings. The average Bonchev–Trinajstić information content (AvgIpc) is 2.63. The lowest BCUT2D eigenvalue weighted by atomic mass is 10.3. The number of carbonyl (C=O) groups is 1. The maximum atomic E-state index is 11.3. The monoisotopic (exact) mass is 229 g/mol. The SMILES string of the molecule is CCOC(=O)c1csc(OC[C@H](C)N)c1. The molecule has 5 heteroatoms. The van der Waals surface area contributed by atoms with Crippen LogP contribution in [0.4, 0.5) is 0 Å². The second kappa shape index (κ2) is 5.72. The zero-order valence-corrected chi connectivity index (χ0v) is 9.67. The van der Waals surface area contributed by atoms with Gasteiger partial charge in [-0.3, -0.25) is 0 Å². The van der Waals surface area contributed by atoms with Crippen LogP contribution in [-0.4, -0.2) is 25.2 Å². The Morgan fingerprint density at radius 2 is 2.40 bits per heavy atom. The molecule has 2 N–H and O–H groups in total. The molecule has 0 aliphatic rings. The summed E-state index contributed by atoms with van der Waals surface area (Å²) in [5.74, 6) is -0.315. The van der Waals surface area contributed by atoms with Crippen molar-refractivity contribution in [3.05, 3.63) is 17.0 Å². The van der Waals surface area contributed by atoms with E-state index in [0.717, 1.165) is 0 Å². The van der Waals surface area contributed by atoms with Crippen LogP contribution in [0.5, 0.6) is 5.06 Å². The summed E-state index contributed by atoms with van der Waals surface area (Å²) in [5, 5.41) is 2.41. The van der Waals surface area contributed by atoms with Gasteiger partial charge in [0.05, 0.1) is 12.2 Å². The third kappa shape index (κ3) is 3.89. The van der Waals surface area contributed by atoms with E-state index in [4.69, 9.17) is 15.2 Å². The molecule has 0 bridgehead atoms. The summed E-state index contributed by atoms with van der Waals surface area (Å²) >= 11 is 1.37. The Bertz CT molecular complexity index is 322. The number of hydrogen-bond acceptors (Lipinski definition) is 5. The topological polar surface area (TPSA) is 61.5 Å². The first-order valence-electron chi connectivity index (χ1n) is 4.77. The van der Waals surface area contributed by atoms with Gasteiger partial charge in [0.2, 0.25) is 0 Å². The Balaban J connectivity index is 2.52. The number of esters is 1. The summed E-state index contributed by atoms with van der Waals surface area (Å²) in [6.07, 6.45) is 0. The van der Waals surface area contributed by atoms with Crippen LogP contribution in [0.15, 0.2) is 11.4 Å². The Morgan fingerprint density at radius 3 is 3.00 bits per heavy atom. The summed E-state index contributed by atoms with van der Waals surface area (Å²) < 4.78 is 10.2. The van der Waals surface area contributed by atoms with Gasteiger partial charge in [0, 0.05) is 17.5 Å². The van der Waals surface area contributed by atoms with Crippen molar-refractivity contribution >= 4 is 17.3 Å². The highest BCUT2D eigenvalue weighted by atomic mass is 32.1. The van der Waals surface area contributed by atoms with Gasteiger partial charge in [0.25, 0.3) is 0 Å². The fourth-order valence-electron chi connectivity index (χ4n) is 0.927. The molecule has 1 aromatic heterocycles. The maximum absolute atomic E-state index is 11.3. The molecular weight excluding hydrogens is 214 g/mol. The lowest BCUT2D eigenvalue weighted by Gasteiger charge is -2.05. The third-order valence-electron chi connectivity index (χ3n) is 1.58. The van der Waals surface area contributed by atoms with Crippen LogP contribution in [0.1, 0.15) is 24.2 Å². The first-order valence-corrected chi connectivity index (χ1v) is 5.65. The average molecular weight is 229 g/mol. The summed E-state index contributed by atoms with van der Waals surface area (Å²) in [7, 11) is 0. The van der Waals surface area contributed by atoms with Crippen LogP contribution in [0, 0.1) is 0 Å². The number of rotatable bonds is 5. The van der Waals surface area contributed by atoms with Gasteiger partial charge < -0.3 is 15.2 Å². The van der Waals surface area contributed by atoms with Gasteiger partial charge in [-0.05, 0) is 13.8 Å². The van der Waals surface area contributed by atoms with E-state index in [-0.39, 0.29) is 12.0 Å². The van der Waals surface area contributed by atoms with E-state index in [0.29, 0.717) is 23.8 Å². The molecule has 1 atom stereocenters. The van der Waals surface area contributed by atoms with Gasteiger partial charge >= 0.3 is 5.97 Å². The maximum Gasteiger partial charge on any atom is 0.339 e. The molecule has 0 spiro atoms. The van der Waals surface area contributed by atoms with E-state index in [1.165, 1.54) is 11.3 Å². The quantitative estimate of drug-likeness (QED) is 0.780. The first-order chi connectivity index (χ1) is 7.13. The summed E-state index contributed by atoms with van der Waals surface area (Å²) in [6, 6.07) is 1.66. The lowest BCUT2D eigenvalue weighted by molar-refractivity contribution is 0.0526. The van der Waals surface area contributed by atoms with Crippen LogP contribution in [-0.2, 0) is 4.74 Å². The molecule has 1 aromatic rings. The molecule has 0 aliphatic carbocycles. The molecule has 0 amide bonds.